The number of aromatic nitrogens is 4. The van der Waals surface area contributed by atoms with Crippen LogP contribution in [0.5, 0.6) is 5.75 Å². The van der Waals surface area contributed by atoms with E-state index in [1.165, 1.54) is 46.1 Å². The second kappa shape index (κ2) is 9.87. The van der Waals surface area contributed by atoms with E-state index in [2.05, 4.69) is 5.10 Å². The molecule has 9 nitrogen and oxygen atoms in total. The van der Waals surface area contributed by atoms with Crippen molar-refractivity contribution < 1.29 is 13.9 Å². The maximum atomic E-state index is 13.9. The molecular formula is C24H26FN5O4S. The van der Waals surface area contributed by atoms with Gasteiger partial charge in [-0.2, -0.15) is 5.10 Å². The van der Waals surface area contributed by atoms with Crippen molar-refractivity contribution in [3.8, 4) is 10.8 Å². The maximum absolute atomic E-state index is 13.9. The highest BCUT2D eigenvalue weighted by Gasteiger charge is 2.23. The molecule has 0 radical (unpaired) electrons. The van der Waals surface area contributed by atoms with Crippen LogP contribution in [0.4, 0.5) is 4.39 Å². The summed E-state index contributed by atoms with van der Waals surface area (Å²) in [6, 6.07) is 5.98. The molecule has 4 aromatic rings. The summed E-state index contributed by atoms with van der Waals surface area (Å²) in [5.74, 6) is -0.252. The minimum Gasteiger partial charge on any atom is -0.496 e. The fraction of sp³-hybridized carbons (Fsp3) is 0.333. The van der Waals surface area contributed by atoms with E-state index in [1.54, 1.807) is 37.1 Å². The number of hydrogen-bond donors (Lipinski definition) is 0. The number of likely N-dealkylation sites (N-methyl/N-ethyl adjacent to an activating group) is 1. The van der Waals surface area contributed by atoms with Gasteiger partial charge in [-0.1, -0.05) is 11.3 Å². The van der Waals surface area contributed by atoms with Gasteiger partial charge in [-0.15, -0.1) is 0 Å². The number of benzene rings is 1. The van der Waals surface area contributed by atoms with Gasteiger partial charge in [0.15, 0.2) is 0 Å². The number of nitrogens with zero attached hydrogens (tertiary/aromatic N) is 5. The van der Waals surface area contributed by atoms with Crippen molar-refractivity contribution in [3.63, 3.8) is 0 Å². The molecule has 1 aromatic carbocycles. The van der Waals surface area contributed by atoms with Crippen molar-refractivity contribution in [3.05, 3.63) is 74.4 Å². The van der Waals surface area contributed by atoms with Crippen molar-refractivity contribution in [2.45, 2.75) is 33.4 Å². The number of thiophene rings is 1. The summed E-state index contributed by atoms with van der Waals surface area (Å²) in [5.41, 5.74) is 0.145. The van der Waals surface area contributed by atoms with Crippen LogP contribution in [0.15, 0.2) is 46.2 Å². The first-order chi connectivity index (χ1) is 16.8. The molecule has 0 aliphatic carbocycles. The third-order valence-electron chi connectivity index (χ3n) is 6.02. The van der Waals surface area contributed by atoms with Gasteiger partial charge in [0.2, 0.25) is 5.91 Å². The number of ether oxygens (including phenoxy) is 1. The number of carbonyl (C=O) groups excluding carboxylic acids is 1. The highest BCUT2D eigenvalue weighted by atomic mass is 32.1. The lowest BCUT2D eigenvalue weighted by atomic mass is 10.1. The molecule has 0 saturated carbocycles. The minimum atomic E-state index is -0.594. The van der Waals surface area contributed by atoms with Crippen LogP contribution in [-0.4, -0.2) is 50.4 Å². The second-order valence-corrected chi connectivity index (χ2v) is 9.08. The molecule has 0 bridgehead atoms. The molecule has 1 amide bonds. The largest absolute Gasteiger partial charge is 0.496 e. The maximum Gasteiger partial charge on any atom is 0.332 e. The lowest BCUT2D eigenvalue weighted by Gasteiger charge is -2.17. The fourth-order valence-electron chi connectivity index (χ4n) is 3.93. The summed E-state index contributed by atoms with van der Waals surface area (Å²) in [6.07, 6.45) is 3.67. The lowest BCUT2D eigenvalue weighted by Crippen LogP contribution is -2.44. The van der Waals surface area contributed by atoms with Crippen molar-refractivity contribution in [1.29, 1.82) is 0 Å². The Morgan fingerprint density at radius 1 is 1.26 bits per heavy atom. The Bertz CT molecular complexity index is 1500. The standard InChI is InChI=1S/C24H26FN5O4S/c1-5-27(3)19(31)14-29-21(32)20-15(2)22(30-11-6-10-26-30)35-23(20)28(24(29)33)12-9-16-13-17(25)7-8-18(16)34-4/h6-8,10-11,13H,5,9,12,14H2,1-4H3. The number of hydrogen-bond acceptors (Lipinski definition) is 6. The Morgan fingerprint density at radius 2 is 2.03 bits per heavy atom. The van der Waals surface area contributed by atoms with Gasteiger partial charge in [-0.05, 0) is 50.1 Å². The summed E-state index contributed by atoms with van der Waals surface area (Å²) in [4.78, 5) is 41.5. The number of methoxy groups -OCH3 is 1. The third kappa shape index (κ3) is 4.51. The average Bonchev–Trinajstić information content (AvgIpc) is 3.49. The molecular weight excluding hydrogens is 473 g/mol. The van der Waals surface area contributed by atoms with Crippen molar-refractivity contribution in [2.75, 3.05) is 20.7 Å². The first-order valence-corrected chi connectivity index (χ1v) is 11.9. The van der Waals surface area contributed by atoms with Gasteiger partial charge in [-0.25, -0.2) is 13.9 Å². The van der Waals surface area contributed by atoms with Crippen LogP contribution in [0, 0.1) is 12.7 Å². The Hall–Kier alpha value is -3.73. The number of amides is 1. The van der Waals surface area contributed by atoms with Crippen LogP contribution in [0.3, 0.4) is 0 Å². The summed E-state index contributed by atoms with van der Waals surface area (Å²) in [7, 11) is 3.11. The molecule has 4 rings (SSSR count). The Kier molecular flexibility index (Phi) is 6.88. The number of rotatable bonds is 8. The van der Waals surface area contributed by atoms with Gasteiger partial charge in [0, 0.05) is 38.1 Å². The Balaban J connectivity index is 1.89. The predicted octanol–water partition coefficient (Wildman–Crippen LogP) is 2.59. The summed E-state index contributed by atoms with van der Waals surface area (Å²) in [5, 5.41) is 5.33. The van der Waals surface area contributed by atoms with E-state index in [0.29, 0.717) is 38.6 Å². The van der Waals surface area contributed by atoms with E-state index in [0.717, 1.165) is 4.57 Å². The van der Waals surface area contributed by atoms with Crippen molar-refractivity contribution in [2.24, 2.45) is 0 Å². The van der Waals surface area contributed by atoms with Gasteiger partial charge >= 0.3 is 5.69 Å². The molecule has 0 atom stereocenters. The van der Waals surface area contributed by atoms with E-state index in [4.69, 9.17) is 4.74 Å². The molecule has 0 fully saturated rings. The zero-order valence-electron chi connectivity index (χ0n) is 19.9. The van der Waals surface area contributed by atoms with E-state index in [1.807, 2.05) is 6.92 Å². The molecule has 0 unspecified atom stereocenters. The van der Waals surface area contributed by atoms with Crippen LogP contribution in [0.2, 0.25) is 0 Å². The molecule has 0 aliphatic rings. The highest BCUT2D eigenvalue weighted by molar-refractivity contribution is 7.21. The van der Waals surface area contributed by atoms with Crippen LogP contribution < -0.4 is 16.0 Å². The van der Waals surface area contributed by atoms with Crippen LogP contribution in [-0.2, 0) is 24.3 Å². The molecule has 0 aliphatic heterocycles. The van der Waals surface area contributed by atoms with Gasteiger partial charge in [0.1, 0.15) is 27.9 Å². The molecule has 0 saturated heterocycles. The smallest absolute Gasteiger partial charge is 0.332 e. The van der Waals surface area contributed by atoms with E-state index < -0.39 is 17.1 Å². The van der Waals surface area contributed by atoms with Gasteiger partial charge in [0.25, 0.3) is 5.56 Å². The molecule has 0 spiro atoms. The second-order valence-electron chi connectivity index (χ2n) is 8.10. The monoisotopic (exact) mass is 499 g/mol. The topological polar surface area (TPSA) is 91.4 Å². The molecule has 184 valence electrons. The molecule has 11 heteroatoms. The molecule has 35 heavy (non-hydrogen) atoms. The number of carbonyl (C=O) groups is 1. The number of fused-ring (bicyclic) bond motifs is 1. The normalized spacial score (nSPS) is 11.2. The molecule has 0 N–H and O–H groups in total. The number of aryl methyl sites for hydroxylation is 3. The quantitative estimate of drug-likeness (QED) is 0.372. The summed E-state index contributed by atoms with van der Waals surface area (Å²) >= 11 is 1.27. The SMILES string of the molecule is CCN(C)C(=O)Cn1c(=O)c2c(C)c(-n3cccn3)sc2n(CCc2cc(F)ccc2OC)c1=O. The summed E-state index contributed by atoms with van der Waals surface area (Å²) in [6.45, 7) is 3.85. The van der Waals surface area contributed by atoms with E-state index in [-0.39, 0.29) is 25.4 Å². The van der Waals surface area contributed by atoms with Crippen molar-refractivity contribution >= 4 is 27.5 Å². The molecule has 3 aromatic heterocycles. The third-order valence-corrected chi connectivity index (χ3v) is 7.33. The lowest BCUT2D eigenvalue weighted by molar-refractivity contribution is -0.130. The predicted molar refractivity (Wildman–Crippen MR) is 132 cm³/mol. The Labute approximate surface area is 204 Å². The Morgan fingerprint density at radius 3 is 2.69 bits per heavy atom. The van der Waals surface area contributed by atoms with E-state index in [9.17, 15) is 18.8 Å². The zero-order valence-corrected chi connectivity index (χ0v) is 20.8. The molecule has 3 heterocycles. The van der Waals surface area contributed by atoms with Gasteiger partial charge < -0.3 is 9.64 Å². The first kappa shape index (κ1) is 24.4. The summed E-state index contributed by atoms with van der Waals surface area (Å²) < 4.78 is 23.3. The van der Waals surface area contributed by atoms with E-state index >= 15 is 0 Å². The average molecular weight is 500 g/mol. The number of halogens is 1. The van der Waals surface area contributed by atoms with Crippen LogP contribution in [0.25, 0.3) is 15.2 Å². The first-order valence-electron chi connectivity index (χ1n) is 11.1. The van der Waals surface area contributed by atoms with Crippen LogP contribution in [0.1, 0.15) is 18.1 Å². The van der Waals surface area contributed by atoms with Crippen molar-refractivity contribution in [1.82, 2.24) is 23.8 Å². The van der Waals surface area contributed by atoms with Gasteiger partial charge in [-0.3, -0.25) is 18.7 Å². The highest BCUT2D eigenvalue weighted by Crippen LogP contribution is 2.31. The van der Waals surface area contributed by atoms with Gasteiger partial charge in [0.05, 0.1) is 12.5 Å². The zero-order chi connectivity index (χ0) is 25.3. The van der Waals surface area contributed by atoms with Crippen LogP contribution >= 0.6 is 11.3 Å². The fourth-order valence-corrected chi connectivity index (χ4v) is 5.20. The minimum absolute atomic E-state index is 0.158.